The number of rotatable bonds is 5. The lowest BCUT2D eigenvalue weighted by Gasteiger charge is -2.48. The molecule has 7 heteroatoms. The first-order valence-electron chi connectivity index (χ1n) is 8.42. The summed E-state index contributed by atoms with van der Waals surface area (Å²) in [7, 11) is 0. The molecule has 1 aromatic rings. The highest BCUT2D eigenvalue weighted by molar-refractivity contribution is 4.96. The molecule has 1 aromatic heterocycles. The summed E-state index contributed by atoms with van der Waals surface area (Å²) in [6.07, 6.45) is 5.57. The van der Waals surface area contributed by atoms with Crippen molar-refractivity contribution in [1.29, 1.82) is 0 Å². The number of likely N-dealkylation sites (tertiary alicyclic amines) is 1. The number of hydrogen-bond acceptors (Lipinski definition) is 6. The molecule has 3 heterocycles. The Morgan fingerprint density at radius 2 is 2.14 bits per heavy atom. The van der Waals surface area contributed by atoms with E-state index in [1.807, 2.05) is 0 Å². The molecular weight excluding hydrogens is 282 g/mol. The zero-order valence-electron chi connectivity index (χ0n) is 13.4. The first-order chi connectivity index (χ1) is 10.7. The van der Waals surface area contributed by atoms with Crippen LogP contribution in [0.3, 0.4) is 0 Å². The van der Waals surface area contributed by atoms with Crippen molar-refractivity contribution in [2.45, 2.75) is 44.8 Å². The van der Waals surface area contributed by atoms with Crippen molar-refractivity contribution < 1.29 is 9.84 Å². The van der Waals surface area contributed by atoms with Crippen LogP contribution < -0.4 is 0 Å². The van der Waals surface area contributed by atoms with E-state index in [1.54, 1.807) is 11.0 Å². The summed E-state index contributed by atoms with van der Waals surface area (Å²) in [4.78, 5) is 2.46. The first kappa shape index (κ1) is 15.8. The van der Waals surface area contributed by atoms with Crippen LogP contribution >= 0.6 is 0 Å². The molecule has 0 aliphatic carbocycles. The van der Waals surface area contributed by atoms with E-state index in [2.05, 4.69) is 27.3 Å². The summed E-state index contributed by atoms with van der Waals surface area (Å²) in [5.74, 6) is 0.719. The van der Waals surface area contributed by atoms with E-state index in [0.29, 0.717) is 11.8 Å². The fourth-order valence-electron chi connectivity index (χ4n) is 3.97. The number of piperidine rings is 1. The minimum atomic E-state index is -0.504. The first-order valence-corrected chi connectivity index (χ1v) is 8.42. The topological polar surface area (TPSA) is 76.3 Å². The van der Waals surface area contributed by atoms with Gasteiger partial charge in [0.1, 0.15) is 6.33 Å². The maximum atomic E-state index is 11.1. The number of aromatic nitrogens is 4. The van der Waals surface area contributed by atoms with Crippen LogP contribution in [0.15, 0.2) is 6.33 Å². The lowest BCUT2D eigenvalue weighted by Crippen LogP contribution is -2.55. The number of tetrazole rings is 1. The Morgan fingerprint density at radius 1 is 1.32 bits per heavy atom. The molecule has 0 saturated carbocycles. The molecular formula is C15H27N5O2. The van der Waals surface area contributed by atoms with E-state index >= 15 is 0 Å². The highest BCUT2D eigenvalue weighted by Gasteiger charge is 2.44. The van der Waals surface area contributed by atoms with Crippen LogP contribution in [-0.4, -0.2) is 68.7 Å². The molecule has 2 aliphatic heterocycles. The largest absolute Gasteiger partial charge is 0.389 e. The normalized spacial score (nSPS) is 31.5. The minimum absolute atomic E-state index is 0.317. The van der Waals surface area contributed by atoms with Crippen molar-refractivity contribution >= 4 is 0 Å². The second kappa shape index (κ2) is 7.02. The third-order valence-corrected chi connectivity index (χ3v) is 5.40. The molecule has 7 nitrogen and oxygen atoms in total. The Morgan fingerprint density at radius 3 is 2.82 bits per heavy atom. The van der Waals surface area contributed by atoms with Crippen LogP contribution in [-0.2, 0) is 11.3 Å². The Hall–Kier alpha value is -1.05. The van der Waals surface area contributed by atoms with Crippen LogP contribution in [0.25, 0.3) is 0 Å². The van der Waals surface area contributed by atoms with Crippen LogP contribution in [0.2, 0.25) is 0 Å². The van der Waals surface area contributed by atoms with Crippen molar-refractivity contribution in [2.24, 2.45) is 11.8 Å². The quantitative estimate of drug-likeness (QED) is 0.856. The van der Waals surface area contributed by atoms with E-state index in [4.69, 9.17) is 4.74 Å². The van der Waals surface area contributed by atoms with Gasteiger partial charge in [0.15, 0.2) is 0 Å². The van der Waals surface area contributed by atoms with Gasteiger partial charge >= 0.3 is 0 Å². The Balaban J connectivity index is 1.46. The summed E-state index contributed by atoms with van der Waals surface area (Å²) in [6, 6.07) is 0. The van der Waals surface area contributed by atoms with Crippen molar-refractivity contribution in [2.75, 3.05) is 32.8 Å². The van der Waals surface area contributed by atoms with Crippen molar-refractivity contribution in [3.8, 4) is 0 Å². The van der Waals surface area contributed by atoms with E-state index < -0.39 is 5.60 Å². The fourth-order valence-corrected chi connectivity index (χ4v) is 3.97. The van der Waals surface area contributed by atoms with E-state index in [0.717, 1.165) is 65.1 Å². The number of nitrogens with zero attached hydrogens (tertiary/aromatic N) is 5. The van der Waals surface area contributed by atoms with Crippen molar-refractivity contribution in [3.63, 3.8) is 0 Å². The molecule has 3 rings (SSSR count). The van der Waals surface area contributed by atoms with Gasteiger partial charge in [-0.25, -0.2) is 4.68 Å². The van der Waals surface area contributed by atoms with Crippen LogP contribution in [0.1, 0.15) is 32.6 Å². The van der Waals surface area contributed by atoms with Gasteiger partial charge in [0.05, 0.1) is 5.60 Å². The Bertz CT molecular complexity index is 449. The molecule has 0 radical (unpaired) electrons. The predicted molar refractivity (Wildman–Crippen MR) is 81.1 cm³/mol. The SMILES string of the molecule is C[C@@H]1CN(CCCn2cnnn2)CC[C@@]1(O)C1CCOCC1. The summed E-state index contributed by atoms with van der Waals surface area (Å²) >= 11 is 0. The molecule has 0 amide bonds. The number of aliphatic hydroxyl groups is 1. The standard InChI is InChI=1S/C15H27N5O2/c1-13-11-19(6-2-7-20-12-16-17-18-20)8-5-15(13,21)14-3-9-22-10-4-14/h12-14,21H,2-11H2,1H3/t13-,15+/m1/s1. The van der Waals surface area contributed by atoms with Gasteiger partial charge in [0, 0.05) is 32.8 Å². The molecule has 0 aromatic carbocycles. The Kier molecular flexibility index (Phi) is 5.05. The van der Waals surface area contributed by atoms with Gasteiger partial charge in [0.2, 0.25) is 0 Å². The van der Waals surface area contributed by atoms with E-state index in [9.17, 15) is 5.11 Å². The molecule has 0 unspecified atom stereocenters. The zero-order chi connectivity index (χ0) is 15.4. The van der Waals surface area contributed by atoms with E-state index in [1.165, 1.54) is 0 Å². The van der Waals surface area contributed by atoms with Gasteiger partial charge < -0.3 is 14.7 Å². The van der Waals surface area contributed by atoms with Gasteiger partial charge in [0.25, 0.3) is 0 Å². The molecule has 1 N–H and O–H groups in total. The maximum absolute atomic E-state index is 11.1. The molecule has 2 atom stereocenters. The molecule has 2 saturated heterocycles. The summed E-state index contributed by atoms with van der Waals surface area (Å²) in [6.45, 7) is 7.64. The molecule has 0 spiro atoms. The lowest BCUT2D eigenvalue weighted by molar-refractivity contribution is -0.130. The molecule has 124 valence electrons. The summed E-state index contributed by atoms with van der Waals surface area (Å²) < 4.78 is 7.21. The second-order valence-electron chi connectivity index (χ2n) is 6.76. The molecule has 2 aliphatic rings. The third kappa shape index (κ3) is 3.47. The number of hydrogen-bond donors (Lipinski definition) is 1. The Labute approximate surface area is 131 Å². The van der Waals surface area contributed by atoms with Gasteiger partial charge in [-0.3, -0.25) is 0 Å². The zero-order valence-corrected chi connectivity index (χ0v) is 13.4. The van der Waals surface area contributed by atoms with Crippen molar-refractivity contribution in [3.05, 3.63) is 6.33 Å². The van der Waals surface area contributed by atoms with Gasteiger partial charge in [-0.2, -0.15) is 0 Å². The van der Waals surface area contributed by atoms with Crippen LogP contribution in [0.4, 0.5) is 0 Å². The second-order valence-corrected chi connectivity index (χ2v) is 6.76. The van der Waals surface area contributed by atoms with Crippen LogP contribution in [0, 0.1) is 11.8 Å². The minimum Gasteiger partial charge on any atom is -0.389 e. The molecule has 0 bridgehead atoms. The van der Waals surface area contributed by atoms with Gasteiger partial charge in [-0.05, 0) is 54.5 Å². The van der Waals surface area contributed by atoms with Crippen LogP contribution in [0.5, 0.6) is 0 Å². The number of aryl methyl sites for hydroxylation is 1. The fraction of sp³-hybridized carbons (Fsp3) is 0.933. The predicted octanol–water partition coefficient (Wildman–Crippen LogP) is 0.563. The number of ether oxygens (including phenoxy) is 1. The summed E-state index contributed by atoms with van der Waals surface area (Å²) in [5, 5.41) is 22.3. The monoisotopic (exact) mass is 309 g/mol. The maximum Gasteiger partial charge on any atom is 0.138 e. The third-order valence-electron chi connectivity index (χ3n) is 5.40. The van der Waals surface area contributed by atoms with Crippen molar-refractivity contribution in [1.82, 2.24) is 25.1 Å². The smallest absolute Gasteiger partial charge is 0.138 e. The average Bonchev–Trinajstić information content (AvgIpc) is 3.05. The average molecular weight is 309 g/mol. The molecule has 22 heavy (non-hydrogen) atoms. The molecule has 2 fully saturated rings. The van der Waals surface area contributed by atoms with Gasteiger partial charge in [-0.15, -0.1) is 5.10 Å². The highest BCUT2D eigenvalue weighted by Crippen LogP contribution is 2.39. The highest BCUT2D eigenvalue weighted by atomic mass is 16.5. The van der Waals surface area contributed by atoms with Gasteiger partial charge in [-0.1, -0.05) is 6.92 Å². The summed E-state index contributed by atoms with van der Waals surface area (Å²) in [5.41, 5.74) is -0.504. The van der Waals surface area contributed by atoms with E-state index in [-0.39, 0.29) is 0 Å². The lowest BCUT2D eigenvalue weighted by atomic mass is 9.70.